The molecule has 0 aliphatic heterocycles. The van der Waals surface area contributed by atoms with E-state index in [0.717, 1.165) is 19.5 Å². The summed E-state index contributed by atoms with van der Waals surface area (Å²) in [6.07, 6.45) is 3.23. The molecule has 25 heavy (non-hydrogen) atoms. The highest BCUT2D eigenvalue weighted by Gasteiger charge is 1.98. The fourth-order valence-electron chi connectivity index (χ4n) is 2.02. The maximum absolute atomic E-state index is 10.6. The van der Waals surface area contributed by atoms with Gasteiger partial charge in [-0.2, -0.15) is 0 Å². The van der Waals surface area contributed by atoms with E-state index in [-0.39, 0.29) is 0 Å². The van der Waals surface area contributed by atoms with Gasteiger partial charge in [-0.1, -0.05) is 17.9 Å². The fraction of sp³-hybridized carbons (Fsp3) is 0.278. The predicted molar refractivity (Wildman–Crippen MR) is 97.8 cm³/mol. The summed E-state index contributed by atoms with van der Waals surface area (Å²) in [6.45, 7) is 1.82. The first-order chi connectivity index (χ1) is 12.0. The van der Waals surface area contributed by atoms with Crippen LogP contribution >= 0.6 is 0 Å². The summed E-state index contributed by atoms with van der Waals surface area (Å²) >= 11 is 0. The predicted octanol–water partition coefficient (Wildman–Crippen LogP) is 2.33. The van der Waals surface area contributed by atoms with Gasteiger partial charge in [-0.15, -0.1) is 0 Å². The molecule has 0 aliphatic carbocycles. The Morgan fingerprint density at radius 1 is 1.20 bits per heavy atom. The van der Waals surface area contributed by atoms with Crippen molar-refractivity contribution in [3.8, 4) is 11.8 Å². The van der Waals surface area contributed by atoms with Gasteiger partial charge in [0, 0.05) is 30.2 Å². The molecule has 1 heterocycles. The van der Waals surface area contributed by atoms with E-state index in [2.05, 4.69) is 37.3 Å². The van der Waals surface area contributed by atoms with Crippen molar-refractivity contribution in [2.45, 2.75) is 6.42 Å². The van der Waals surface area contributed by atoms with Crippen LogP contribution in [-0.2, 0) is 0 Å². The lowest BCUT2D eigenvalue weighted by atomic mass is 10.2. The summed E-state index contributed by atoms with van der Waals surface area (Å²) in [5.41, 5.74) is 1.88. The number of amides is 1. The van der Waals surface area contributed by atoms with Crippen molar-refractivity contribution in [2.75, 3.05) is 37.8 Å². The van der Waals surface area contributed by atoms with Gasteiger partial charge >= 0.3 is 6.09 Å². The molecule has 0 fully saturated rings. The van der Waals surface area contributed by atoms with Crippen LogP contribution in [0.5, 0.6) is 0 Å². The van der Waals surface area contributed by atoms with Crippen molar-refractivity contribution in [2.24, 2.45) is 0 Å². The van der Waals surface area contributed by atoms with Crippen molar-refractivity contribution in [3.63, 3.8) is 0 Å². The molecule has 0 saturated heterocycles. The lowest BCUT2D eigenvalue weighted by Gasteiger charge is -2.09. The Balaban J connectivity index is 1.93. The van der Waals surface area contributed by atoms with Gasteiger partial charge in [-0.25, -0.2) is 14.8 Å². The Labute approximate surface area is 147 Å². The minimum absolute atomic E-state index is 0.479. The van der Waals surface area contributed by atoms with Crippen LogP contribution in [0.2, 0.25) is 0 Å². The van der Waals surface area contributed by atoms with E-state index in [1.54, 1.807) is 30.6 Å². The average molecular weight is 339 g/mol. The van der Waals surface area contributed by atoms with Crippen molar-refractivity contribution < 1.29 is 9.90 Å². The third-order valence-electron chi connectivity index (χ3n) is 3.18. The van der Waals surface area contributed by atoms with Gasteiger partial charge in [0.05, 0.1) is 5.56 Å². The van der Waals surface area contributed by atoms with Crippen molar-refractivity contribution >= 4 is 17.7 Å². The van der Waals surface area contributed by atoms with Gasteiger partial charge in [0.15, 0.2) is 0 Å². The molecule has 1 aromatic heterocycles. The SMILES string of the molecule is CN(C)CCCNc1ncc(C#Cc2cccc(NC(=O)O)c2)cn1. The van der Waals surface area contributed by atoms with Crippen LogP contribution in [0, 0.1) is 11.8 Å². The van der Waals surface area contributed by atoms with E-state index in [0.29, 0.717) is 22.8 Å². The molecule has 3 N–H and O–H groups in total. The van der Waals surface area contributed by atoms with E-state index in [1.807, 2.05) is 20.2 Å². The molecule has 2 rings (SSSR count). The molecular formula is C18H21N5O2. The zero-order valence-corrected chi connectivity index (χ0v) is 14.3. The van der Waals surface area contributed by atoms with Crippen LogP contribution in [0.15, 0.2) is 36.7 Å². The van der Waals surface area contributed by atoms with Gasteiger partial charge in [0.2, 0.25) is 5.95 Å². The number of anilines is 2. The molecule has 0 saturated carbocycles. The number of benzene rings is 1. The number of aromatic nitrogens is 2. The molecule has 2 aromatic rings. The summed E-state index contributed by atoms with van der Waals surface area (Å²) in [7, 11) is 4.08. The molecule has 7 nitrogen and oxygen atoms in total. The minimum Gasteiger partial charge on any atom is -0.465 e. The Hall–Kier alpha value is -3.11. The summed E-state index contributed by atoms with van der Waals surface area (Å²) in [5, 5.41) is 14.2. The standard InChI is InChI=1S/C18H21N5O2/c1-23(2)10-4-9-19-17-20-12-15(13-21-17)8-7-14-5-3-6-16(11-14)22-18(24)25/h3,5-6,11-13,22H,4,9-10H2,1-2H3,(H,24,25)(H,19,20,21). The highest BCUT2D eigenvalue weighted by atomic mass is 16.4. The molecule has 1 aromatic carbocycles. The molecule has 0 unspecified atom stereocenters. The van der Waals surface area contributed by atoms with Gasteiger partial charge in [0.1, 0.15) is 0 Å². The molecule has 7 heteroatoms. The van der Waals surface area contributed by atoms with Crippen LogP contribution < -0.4 is 10.6 Å². The molecule has 0 aliphatic rings. The zero-order valence-electron chi connectivity index (χ0n) is 14.3. The monoisotopic (exact) mass is 339 g/mol. The number of carboxylic acid groups (broad SMARTS) is 1. The van der Waals surface area contributed by atoms with Crippen molar-refractivity contribution in [1.29, 1.82) is 0 Å². The van der Waals surface area contributed by atoms with Crippen molar-refractivity contribution in [3.05, 3.63) is 47.8 Å². The first-order valence-electron chi connectivity index (χ1n) is 7.85. The highest BCUT2D eigenvalue weighted by Crippen LogP contribution is 2.09. The third-order valence-corrected chi connectivity index (χ3v) is 3.18. The molecule has 0 atom stereocenters. The Bertz CT molecular complexity index is 763. The lowest BCUT2D eigenvalue weighted by Crippen LogP contribution is -2.16. The largest absolute Gasteiger partial charge is 0.465 e. The molecule has 1 amide bonds. The van der Waals surface area contributed by atoms with Crippen LogP contribution in [0.1, 0.15) is 17.5 Å². The molecule has 0 bridgehead atoms. The maximum Gasteiger partial charge on any atom is 0.409 e. The van der Waals surface area contributed by atoms with Gasteiger partial charge < -0.3 is 15.3 Å². The molecule has 0 spiro atoms. The number of hydrogen-bond donors (Lipinski definition) is 3. The minimum atomic E-state index is -1.10. The Kier molecular flexibility index (Phi) is 6.75. The second-order valence-corrected chi connectivity index (χ2v) is 5.64. The number of nitrogens with one attached hydrogen (secondary N) is 2. The first-order valence-corrected chi connectivity index (χ1v) is 7.85. The smallest absolute Gasteiger partial charge is 0.409 e. The van der Waals surface area contributed by atoms with E-state index in [4.69, 9.17) is 5.11 Å². The van der Waals surface area contributed by atoms with Crippen LogP contribution in [-0.4, -0.2) is 53.3 Å². The van der Waals surface area contributed by atoms with E-state index in [9.17, 15) is 4.79 Å². The first kappa shape index (κ1) is 18.2. The fourth-order valence-corrected chi connectivity index (χ4v) is 2.02. The number of carbonyl (C=O) groups is 1. The molecule has 130 valence electrons. The molecule has 0 radical (unpaired) electrons. The molecular weight excluding hydrogens is 318 g/mol. The van der Waals surface area contributed by atoms with Crippen molar-refractivity contribution in [1.82, 2.24) is 14.9 Å². The quantitative estimate of drug-likeness (QED) is 0.553. The number of rotatable bonds is 6. The second kappa shape index (κ2) is 9.25. The van der Waals surface area contributed by atoms with Gasteiger partial charge in [-0.05, 0) is 45.3 Å². The Morgan fingerprint density at radius 3 is 2.60 bits per heavy atom. The maximum atomic E-state index is 10.6. The average Bonchev–Trinajstić information content (AvgIpc) is 2.57. The van der Waals surface area contributed by atoms with Gasteiger partial charge in [-0.3, -0.25) is 5.32 Å². The van der Waals surface area contributed by atoms with Crippen LogP contribution in [0.25, 0.3) is 0 Å². The summed E-state index contributed by atoms with van der Waals surface area (Å²) in [4.78, 5) is 21.2. The normalized spacial score (nSPS) is 10.0. The van der Waals surface area contributed by atoms with Crippen LogP contribution in [0.3, 0.4) is 0 Å². The van der Waals surface area contributed by atoms with E-state index >= 15 is 0 Å². The van der Waals surface area contributed by atoms with E-state index < -0.39 is 6.09 Å². The van der Waals surface area contributed by atoms with Gasteiger partial charge in [0.25, 0.3) is 0 Å². The number of nitrogens with zero attached hydrogens (tertiary/aromatic N) is 3. The zero-order chi connectivity index (χ0) is 18.1. The number of hydrogen-bond acceptors (Lipinski definition) is 5. The topological polar surface area (TPSA) is 90.4 Å². The summed E-state index contributed by atoms with van der Waals surface area (Å²) in [6, 6.07) is 6.88. The second-order valence-electron chi connectivity index (χ2n) is 5.64. The van der Waals surface area contributed by atoms with Crippen LogP contribution in [0.4, 0.5) is 16.4 Å². The summed E-state index contributed by atoms with van der Waals surface area (Å²) in [5.74, 6) is 6.52. The summed E-state index contributed by atoms with van der Waals surface area (Å²) < 4.78 is 0. The van der Waals surface area contributed by atoms with E-state index in [1.165, 1.54) is 0 Å². The highest BCUT2D eigenvalue weighted by molar-refractivity contribution is 5.83. The lowest BCUT2D eigenvalue weighted by molar-refractivity contribution is 0.210. The Morgan fingerprint density at radius 2 is 1.92 bits per heavy atom. The third kappa shape index (κ3) is 6.89.